The van der Waals surface area contributed by atoms with E-state index in [9.17, 15) is 18.0 Å². The summed E-state index contributed by atoms with van der Waals surface area (Å²) in [5.41, 5.74) is 1.01. The van der Waals surface area contributed by atoms with Crippen molar-refractivity contribution >= 4 is 11.7 Å². The first kappa shape index (κ1) is 20.4. The van der Waals surface area contributed by atoms with Gasteiger partial charge in [-0.1, -0.05) is 0 Å². The summed E-state index contributed by atoms with van der Waals surface area (Å²) in [5.74, 6) is 0.234. The van der Waals surface area contributed by atoms with Crippen LogP contribution in [-0.4, -0.2) is 63.0 Å². The van der Waals surface area contributed by atoms with Gasteiger partial charge in [0.2, 0.25) is 0 Å². The summed E-state index contributed by atoms with van der Waals surface area (Å²) in [5, 5.41) is 7.39. The molecule has 2 atom stereocenters. The van der Waals surface area contributed by atoms with Gasteiger partial charge in [0.15, 0.2) is 6.04 Å². The molecule has 1 amide bonds. The van der Waals surface area contributed by atoms with Crippen LogP contribution in [0.2, 0.25) is 0 Å². The van der Waals surface area contributed by atoms with Gasteiger partial charge in [-0.2, -0.15) is 18.3 Å². The Kier molecular flexibility index (Phi) is 5.29. The first-order valence-corrected chi connectivity index (χ1v) is 9.84. The Morgan fingerprint density at radius 3 is 2.50 bits per heavy atom. The summed E-state index contributed by atoms with van der Waals surface area (Å²) in [6, 6.07) is 0.0108. The average molecular weight is 424 g/mol. The number of halogens is 3. The number of carbonyl (C=O) groups is 1. The van der Waals surface area contributed by atoms with Crippen LogP contribution in [0, 0.1) is 0 Å². The second kappa shape index (κ2) is 7.77. The highest BCUT2D eigenvalue weighted by atomic mass is 19.4. The molecule has 4 heterocycles. The molecule has 2 aliphatic heterocycles. The Hall–Kier alpha value is -2.85. The molecule has 2 aromatic heterocycles. The molecule has 1 N–H and O–H groups in total. The number of fused-ring (bicyclic) bond motifs is 1. The molecule has 0 bridgehead atoms. The molecule has 0 saturated carbocycles. The van der Waals surface area contributed by atoms with E-state index in [-0.39, 0.29) is 30.3 Å². The Labute approximate surface area is 171 Å². The second-order valence-electron chi connectivity index (χ2n) is 7.76. The summed E-state index contributed by atoms with van der Waals surface area (Å²) in [6.45, 7) is 2.72. The van der Waals surface area contributed by atoms with Crippen LogP contribution in [0.4, 0.5) is 19.0 Å². The van der Waals surface area contributed by atoms with E-state index < -0.39 is 12.2 Å². The number of methoxy groups -OCH3 is 1. The molecule has 8 nitrogen and oxygen atoms in total. The predicted molar refractivity (Wildman–Crippen MR) is 101 cm³/mol. The minimum Gasteiger partial charge on any atom is -0.467 e. The lowest BCUT2D eigenvalue weighted by atomic mass is 9.93. The third-order valence-corrected chi connectivity index (χ3v) is 5.66. The van der Waals surface area contributed by atoms with Crippen molar-refractivity contribution in [1.82, 2.24) is 24.6 Å². The first-order chi connectivity index (χ1) is 14.3. The Morgan fingerprint density at radius 2 is 1.90 bits per heavy atom. The maximum absolute atomic E-state index is 13.4. The van der Waals surface area contributed by atoms with Crippen molar-refractivity contribution in [2.24, 2.45) is 0 Å². The number of piperidine rings is 1. The number of anilines is 1. The molecule has 162 valence electrons. The normalized spacial score (nSPS) is 22.4. The fourth-order valence-electron chi connectivity index (χ4n) is 4.07. The van der Waals surface area contributed by atoms with Crippen molar-refractivity contribution in [3.8, 4) is 6.01 Å². The van der Waals surface area contributed by atoms with E-state index >= 15 is 0 Å². The van der Waals surface area contributed by atoms with Gasteiger partial charge in [0.05, 0.1) is 18.4 Å². The van der Waals surface area contributed by atoms with Crippen molar-refractivity contribution in [2.45, 2.75) is 50.4 Å². The summed E-state index contributed by atoms with van der Waals surface area (Å²) < 4.78 is 46.3. The van der Waals surface area contributed by atoms with Crippen LogP contribution in [0.1, 0.15) is 54.2 Å². The summed E-state index contributed by atoms with van der Waals surface area (Å²) in [4.78, 5) is 22.3. The smallest absolute Gasteiger partial charge is 0.410 e. The van der Waals surface area contributed by atoms with Gasteiger partial charge in [-0.05, 0) is 26.2 Å². The van der Waals surface area contributed by atoms with Gasteiger partial charge in [0.25, 0.3) is 5.91 Å². The third-order valence-electron chi connectivity index (χ3n) is 5.66. The quantitative estimate of drug-likeness (QED) is 0.816. The zero-order chi connectivity index (χ0) is 21.5. The molecule has 0 aliphatic carbocycles. The number of ether oxygens (including phenoxy) is 1. The van der Waals surface area contributed by atoms with Gasteiger partial charge >= 0.3 is 12.2 Å². The Balaban J connectivity index is 1.44. The minimum atomic E-state index is -4.34. The Morgan fingerprint density at radius 1 is 1.23 bits per heavy atom. The molecule has 0 spiro atoms. The van der Waals surface area contributed by atoms with Crippen LogP contribution in [0.5, 0.6) is 6.01 Å². The van der Waals surface area contributed by atoms with Crippen LogP contribution in [0.3, 0.4) is 0 Å². The number of rotatable bonds is 3. The molecule has 0 aromatic carbocycles. The van der Waals surface area contributed by atoms with Crippen molar-refractivity contribution in [2.75, 3.05) is 25.5 Å². The standard InChI is InChI=1S/C19H23F3N6O2/c1-11-7-15(19(20,21)22)28-16(25-11)8-14(26-28)12-3-5-27(6-4-12)17(29)13-9-23-18(30-2)24-10-13/h8-12,15,25H,3-7H2,1-2H3/t11-,15-/m1/s1. The monoisotopic (exact) mass is 424 g/mol. The number of nitrogens with one attached hydrogen (secondary N) is 1. The van der Waals surface area contributed by atoms with Gasteiger partial charge in [0.1, 0.15) is 5.82 Å². The molecule has 30 heavy (non-hydrogen) atoms. The highest BCUT2D eigenvalue weighted by molar-refractivity contribution is 5.93. The van der Waals surface area contributed by atoms with Crippen molar-refractivity contribution in [1.29, 1.82) is 0 Å². The second-order valence-corrected chi connectivity index (χ2v) is 7.76. The number of likely N-dealkylation sites (tertiary alicyclic amines) is 1. The topological polar surface area (TPSA) is 85.2 Å². The number of hydrogen-bond acceptors (Lipinski definition) is 6. The summed E-state index contributed by atoms with van der Waals surface area (Å²) in [6.07, 6.45) is -0.280. The molecule has 11 heteroatoms. The number of amides is 1. The van der Waals surface area contributed by atoms with E-state index in [1.54, 1.807) is 17.9 Å². The number of aromatic nitrogens is 4. The number of carbonyl (C=O) groups excluding carboxylic acids is 1. The van der Waals surface area contributed by atoms with E-state index in [1.165, 1.54) is 19.5 Å². The molecule has 2 aromatic rings. The van der Waals surface area contributed by atoms with E-state index in [0.29, 0.717) is 43.0 Å². The van der Waals surface area contributed by atoms with Crippen LogP contribution < -0.4 is 10.1 Å². The van der Waals surface area contributed by atoms with E-state index in [1.807, 2.05) is 0 Å². The van der Waals surface area contributed by atoms with Crippen LogP contribution in [0.15, 0.2) is 18.5 Å². The van der Waals surface area contributed by atoms with E-state index in [0.717, 1.165) is 4.68 Å². The number of nitrogens with zero attached hydrogens (tertiary/aromatic N) is 5. The molecule has 1 fully saturated rings. The van der Waals surface area contributed by atoms with Gasteiger partial charge in [-0.3, -0.25) is 4.79 Å². The number of alkyl halides is 3. The van der Waals surface area contributed by atoms with Crippen molar-refractivity contribution < 1.29 is 22.7 Å². The lowest BCUT2D eigenvalue weighted by Gasteiger charge is -2.31. The minimum absolute atomic E-state index is 0.00487. The van der Waals surface area contributed by atoms with Gasteiger partial charge in [-0.15, -0.1) is 0 Å². The van der Waals surface area contributed by atoms with Gasteiger partial charge < -0.3 is 15.0 Å². The van der Waals surface area contributed by atoms with Crippen LogP contribution in [-0.2, 0) is 0 Å². The highest BCUT2D eigenvalue weighted by Crippen LogP contribution is 2.41. The average Bonchev–Trinajstić information content (AvgIpc) is 3.16. The SMILES string of the molecule is COc1ncc(C(=O)N2CCC(c3cc4n(n3)[C@@H](C(F)(F)F)C[C@@H](C)N4)CC2)cn1. The van der Waals surface area contributed by atoms with Crippen LogP contribution in [0.25, 0.3) is 0 Å². The molecule has 1 saturated heterocycles. The molecule has 2 aliphatic rings. The van der Waals surface area contributed by atoms with Crippen molar-refractivity contribution in [3.63, 3.8) is 0 Å². The molecule has 0 unspecified atom stereocenters. The molecule has 0 radical (unpaired) electrons. The fraction of sp³-hybridized carbons (Fsp3) is 0.579. The maximum Gasteiger partial charge on any atom is 0.410 e. The maximum atomic E-state index is 13.4. The lowest BCUT2D eigenvalue weighted by molar-refractivity contribution is -0.173. The van der Waals surface area contributed by atoms with E-state index in [4.69, 9.17) is 4.74 Å². The molecule has 4 rings (SSSR count). The fourth-order valence-corrected chi connectivity index (χ4v) is 4.07. The van der Waals surface area contributed by atoms with Gasteiger partial charge in [-0.25, -0.2) is 14.6 Å². The first-order valence-electron chi connectivity index (χ1n) is 9.84. The zero-order valence-corrected chi connectivity index (χ0v) is 16.7. The zero-order valence-electron chi connectivity index (χ0n) is 16.7. The predicted octanol–water partition coefficient (Wildman–Crippen LogP) is 3.01. The highest BCUT2D eigenvalue weighted by Gasteiger charge is 2.45. The van der Waals surface area contributed by atoms with E-state index in [2.05, 4.69) is 20.4 Å². The van der Waals surface area contributed by atoms with Crippen LogP contribution >= 0.6 is 0 Å². The van der Waals surface area contributed by atoms with Gasteiger partial charge in [0, 0.05) is 43.5 Å². The summed E-state index contributed by atoms with van der Waals surface area (Å²) in [7, 11) is 1.45. The van der Waals surface area contributed by atoms with Crippen molar-refractivity contribution in [3.05, 3.63) is 29.7 Å². The molecular formula is C19H23F3N6O2. The largest absolute Gasteiger partial charge is 0.467 e. The molecular weight excluding hydrogens is 401 g/mol. The third kappa shape index (κ3) is 3.92. The Bertz CT molecular complexity index is 906. The lowest BCUT2D eigenvalue weighted by Crippen LogP contribution is -2.38. The number of hydrogen-bond donors (Lipinski definition) is 1. The summed E-state index contributed by atoms with van der Waals surface area (Å²) >= 11 is 0.